The Morgan fingerprint density at radius 1 is 1.41 bits per heavy atom. The monoisotopic (exact) mass is 241 g/mol. The van der Waals surface area contributed by atoms with Gasteiger partial charge in [0.05, 0.1) is 12.6 Å². The van der Waals surface area contributed by atoms with Crippen molar-refractivity contribution in [1.29, 1.82) is 0 Å². The first kappa shape index (κ1) is 12.4. The number of carbonyl (C=O) groups is 2. The Bertz CT molecular complexity index is 337. The maximum Gasteiger partial charge on any atom is 0.319 e. The van der Waals surface area contributed by atoms with Crippen molar-refractivity contribution < 1.29 is 19.8 Å². The van der Waals surface area contributed by atoms with E-state index in [1.165, 1.54) is 0 Å². The second-order valence-electron chi connectivity index (χ2n) is 5.26. The summed E-state index contributed by atoms with van der Waals surface area (Å²) in [6, 6.07) is -0.209. The second kappa shape index (κ2) is 4.29. The normalized spacial score (nSPS) is 31.1. The summed E-state index contributed by atoms with van der Waals surface area (Å²) in [6.45, 7) is 2.48. The molecular weight excluding hydrogens is 222 g/mol. The molecule has 0 radical (unpaired) electrons. The van der Waals surface area contributed by atoms with Crippen molar-refractivity contribution in [3.8, 4) is 0 Å². The molecule has 17 heavy (non-hydrogen) atoms. The van der Waals surface area contributed by atoms with Crippen molar-refractivity contribution in [3.63, 3.8) is 0 Å². The van der Waals surface area contributed by atoms with Crippen LogP contribution in [-0.4, -0.2) is 46.2 Å². The smallest absolute Gasteiger partial charge is 0.319 e. The Labute approximate surface area is 100 Å². The van der Waals surface area contributed by atoms with Gasteiger partial charge in [-0.25, -0.2) is 0 Å². The highest BCUT2D eigenvalue weighted by atomic mass is 16.4. The molecule has 2 N–H and O–H groups in total. The van der Waals surface area contributed by atoms with Gasteiger partial charge in [0.1, 0.15) is 5.41 Å². The predicted octanol–water partition coefficient (Wildman–Crippen LogP) is 0.471. The van der Waals surface area contributed by atoms with E-state index in [-0.39, 0.29) is 24.5 Å². The molecule has 5 heteroatoms. The second-order valence-corrected chi connectivity index (χ2v) is 5.26. The van der Waals surface area contributed by atoms with Gasteiger partial charge < -0.3 is 15.1 Å². The molecule has 0 aromatic carbocycles. The van der Waals surface area contributed by atoms with Gasteiger partial charge in [0.15, 0.2) is 0 Å². The number of aliphatic hydroxyl groups is 1. The summed E-state index contributed by atoms with van der Waals surface area (Å²) in [7, 11) is 0. The number of aliphatic carboxylic acids is 1. The predicted molar refractivity (Wildman–Crippen MR) is 60.3 cm³/mol. The quantitative estimate of drug-likeness (QED) is 0.704. The average Bonchev–Trinajstić information content (AvgIpc) is 2.56. The minimum absolute atomic E-state index is 0.0807. The minimum Gasteiger partial charge on any atom is -0.480 e. The number of hydrogen-bond acceptors (Lipinski definition) is 3. The fourth-order valence-corrected chi connectivity index (χ4v) is 2.86. The third kappa shape index (κ3) is 1.73. The van der Waals surface area contributed by atoms with E-state index in [1.807, 2.05) is 6.92 Å². The molecule has 2 atom stereocenters. The molecule has 0 bridgehead atoms. The minimum atomic E-state index is -1.20. The molecule has 1 saturated carbocycles. The lowest BCUT2D eigenvalue weighted by atomic mass is 9.67. The standard InChI is InChI=1S/C12H19NO4/c1-8-3-6-13(9(8)7-14)10(15)12(11(16)17)4-2-5-12/h8-9,14H,2-7H2,1H3,(H,16,17). The van der Waals surface area contributed by atoms with E-state index in [0.717, 1.165) is 12.8 Å². The Balaban J connectivity index is 2.17. The number of rotatable bonds is 3. The average molecular weight is 241 g/mol. The fourth-order valence-electron chi connectivity index (χ4n) is 2.86. The third-order valence-electron chi connectivity index (χ3n) is 4.36. The number of likely N-dealkylation sites (tertiary alicyclic amines) is 1. The lowest BCUT2D eigenvalue weighted by Gasteiger charge is -2.40. The van der Waals surface area contributed by atoms with Crippen molar-refractivity contribution in [1.82, 2.24) is 4.90 Å². The molecule has 2 aliphatic rings. The highest BCUT2D eigenvalue weighted by molar-refractivity contribution is 6.03. The summed E-state index contributed by atoms with van der Waals surface area (Å²) in [4.78, 5) is 25.2. The lowest BCUT2D eigenvalue weighted by Crippen LogP contribution is -2.54. The van der Waals surface area contributed by atoms with Gasteiger partial charge in [-0.1, -0.05) is 13.3 Å². The van der Waals surface area contributed by atoms with Crippen LogP contribution in [0, 0.1) is 11.3 Å². The Hall–Kier alpha value is -1.10. The summed E-state index contributed by atoms with van der Waals surface area (Å²) in [5.74, 6) is -1.06. The number of hydrogen-bond donors (Lipinski definition) is 2. The van der Waals surface area contributed by atoms with Crippen LogP contribution in [0.5, 0.6) is 0 Å². The van der Waals surface area contributed by atoms with E-state index in [1.54, 1.807) is 4.90 Å². The molecule has 1 amide bonds. The van der Waals surface area contributed by atoms with Crippen LogP contribution < -0.4 is 0 Å². The Morgan fingerprint density at radius 2 is 2.06 bits per heavy atom. The summed E-state index contributed by atoms with van der Waals surface area (Å²) in [5.41, 5.74) is -1.20. The molecule has 1 heterocycles. The van der Waals surface area contributed by atoms with Crippen LogP contribution in [0.2, 0.25) is 0 Å². The van der Waals surface area contributed by atoms with Gasteiger partial charge in [0.2, 0.25) is 5.91 Å². The van der Waals surface area contributed by atoms with Crippen molar-refractivity contribution in [3.05, 3.63) is 0 Å². The topological polar surface area (TPSA) is 77.8 Å². The van der Waals surface area contributed by atoms with E-state index >= 15 is 0 Å². The highest BCUT2D eigenvalue weighted by Gasteiger charge is 2.54. The molecule has 1 saturated heterocycles. The molecule has 96 valence electrons. The molecule has 0 aromatic heterocycles. The number of nitrogens with zero attached hydrogens (tertiary/aromatic N) is 1. The number of carbonyl (C=O) groups excluding carboxylic acids is 1. The van der Waals surface area contributed by atoms with E-state index < -0.39 is 11.4 Å². The first-order valence-electron chi connectivity index (χ1n) is 6.18. The van der Waals surface area contributed by atoms with Gasteiger partial charge in [-0.2, -0.15) is 0 Å². The van der Waals surface area contributed by atoms with Gasteiger partial charge in [0, 0.05) is 6.54 Å². The summed E-state index contributed by atoms with van der Waals surface area (Å²) in [5, 5.41) is 18.5. The molecule has 2 rings (SSSR count). The van der Waals surface area contributed by atoms with Crippen molar-refractivity contribution in [2.24, 2.45) is 11.3 Å². The largest absolute Gasteiger partial charge is 0.480 e. The van der Waals surface area contributed by atoms with Crippen LogP contribution in [-0.2, 0) is 9.59 Å². The third-order valence-corrected chi connectivity index (χ3v) is 4.36. The lowest BCUT2D eigenvalue weighted by molar-refractivity contribution is -0.168. The van der Waals surface area contributed by atoms with Gasteiger partial charge in [-0.05, 0) is 25.2 Å². The van der Waals surface area contributed by atoms with Crippen LogP contribution >= 0.6 is 0 Å². The summed E-state index contributed by atoms with van der Waals surface area (Å²) < 4.78 is 0. The summed E-state index contributed by atoms with van der Waals surface area (Å²) >= 11 is 0. The first-order valence-corrected chi connectivity index (χ1v) is 6.18. The van der Waals surface area contributed by atoms with Gasteiger partial charge in [-0.3, -0.25) is 9.59 Å². The zero-order valence-electron chi connectivity index (χ0n) is 10.1. The highest BCUT2D eigenvalue weighted by Crippen LogP contribution is 2.44. The maximum atomic E-state index is 12.3. The number of aliphatic hydroxyl groups excluding tert-OH is 1. The van der Waals surface area contributed by atoms with Gasteiger partial charge in [-0.15, -0.1) is 0 Å². The molecule has 0 aromatic rings. The van der Waals surface area contributed by atoms with Gasteiger partial charge in [0.25, 0.3) is 0 Å². The fraction of sp³-hybridized carbons (Fsp3) is 0.833. The SMILES string of the molecule is CC1CCN(C(=O)C2(C(=O)O)CCC2)C1CO. The van der Waals surface area contributed by atoms with E-state index in [0.29, 0.717) is 19.4 Å². The summed E-state index contributed by atoms with van der Waals surface area (Å²) in [6.07, 6.45) is 2.51. The van der Waals surface area contributed by atoms with Crippen molar-refractivity contribution in [2.45, 2.75) is 38.6 Å². The van der Waals surface area contributed by atoms with Crippen LogP contribution in [0.4, 0.5) is 0 Å². The molecule has 1 aliphatic carbocycles. The van der Waals surface area contributed by atoms with E-state index in [2.05, 4.69) is 0 Å². The maximum absolute atomic E-state index is 12.3. The first-order chi connectivity index (χ1) is 8.03. The van der Waals surface area contributed by atoms with Crippen LogP contribution in [0.3, 0.4) is 0 Å². The molecular formula is C12H19NO4. The van der Waals surface area contributed by atoms with Gasteiger partial charge >= 0.3 is 5.97 Å². The zero-order valence-corrected chi connectivity index (χ0v) is 10.1. The molecule has 0 spiro atoms. The van der Waals surface area contributed by atoms with Crippen LogP contribution in [0.1, 0.15) is 32.6 Å². The number of amides is 1. The number of carboxylic acids is 1. The van der Waals surface area contributed by atoms with E-state index in [4.69, 9.17) is 0 Å². The Morgan fingerprint density at radius 3 is 2.47 bits per heavy atom. The van der Waals surface area contributed by atoms with Crippen molar-refractivity contribution >= 4 is 11.9 Å². The molecule has 2 fully saturated rings. The zero-order chi connectivity index (χ0) is 12.6. The Kier molecular flexibility index (Phi) is 3.12. The van der Waals surface area contributed by atoms with Crippen molar-refractivity contribution in [2.75, 3.05) is 13.2 Å². The van der Waals surface area contributed by atoms with Crippen LogP contribution in [0.15, 0.2) is 0 Å². The van der Waals surface area contributed by atoms with Crippen LogP contribution in [0.25, 0.3) is 0 Å². The molecule has 1 aliphatic heterocycles. The number of carboxylic acid groups (broad SMARTS) is 1. The van der Waals surface area contributed by atoms with E-state index in [9.17, 15) is 19.8 Å². The molecule has 2 unspecified atom stereocenters. The molecule has 5 nitrogen and oxygen atoms in total.